The van der Waals surface area contributed by atoms with Crippen molar-refractivity contribution in [2.24, 2.45) is 0 Å². The highest BCUT2D eigenvalue weighted by Gasteiger charge is 2.21. The molecule has 1 atom stereocenters. The number of thiophene rings is 1. The second-order valence-corrected chi connectivity index (χ2v) is 5.60. The highest BCUT2D eigenvalue weighted by Crippen LogP contribution is 2.33. The van der Waals surface area contributed by atoms with Gasteiger partial charge in [-0.3, -0.25) is 0 Å². The van der Waals surface area contributed by atoms with Crippen molar-refractivity contribution >= 4 is 39.3 Å². The first-order valence-electron chi connectivity index (χ1n) is 6.90. The zero-order valence-electron chi connectivity index (χ0n) is 13.0. The van der Waals surface area contributed by atoms with Crippen LogP contribution in [0.4, 0.5) is 5.82 Å². The minimum absolute atomic E-state index is 0.0667. The Balaban J connectivity index is 2.31. The third-order valence-electron chi connectivity index (χ3n) is 3.12. The van der Waals surface area contributed by atoms with Gasteiger partial charge in [0, 0.05) is 0 Å². The van der Waals surface area contributed by atoms with Crippen LogP contribution in [0.1, 0.15) is 22.2 Å². The normalized spacial score (nSPS) is 12.0. The van der Waals surface area contributed by atoms with Gasteiger partial charge in [0.25, 0.3) is 0 Å². The van der Waals surface area contributed by atoms with Crippen LogP contribution in [-0.4, -0.2) is 53.4 Å². The van der Waals surface area contributed by atoms with Crippen molar-refractivity contribution in [3.8, 4) is 0 Å². The van der Waals surface area contributed by atoms with Gasteiger partial charge in [0.05, 0.1) is 25.6 Å². The Morgan fingerprint density at radius 1 is 1.43 bits per heavy atom. The zero-order chi connectivity index (χ0) is 17.0. The van der Waals surface area contributed by atoms with Gasteiger partial charge in [-0.15, -0.1) is 11.3 Å². The Kier molecular flexibility index (Phi) is 5.45. The lowest BCUT2D eigenvalue weighted by atomic mass is 10.2. The number of esters is 2. The summed E-state index contributed by atoms with van der Waals surface area (Å²) in [5, 5.41) is 13.2. The molecule has 2 aromatic rings. The van der Waals surface area contributed by atoms with E-state index in [0.29, 0.717) is 26.5 Å². The zero-order valence-corrected chi connectivity index (χ0v) is 13.8. The van der Waals surface area contributed by atoms with Gasteiger partial charge in [-0.25, -0.2) is 19.6 Å². The monoisotopic (exact) mass is 339 g/mol. The summed E-state index contributed by atoms with van der Waals surface area (Å²) in [6.07, 6.45) is 0.0357. The number of methoxy groups -OCH3 is 1. The fraction of sp³-hybridized carbons (Fsp3) is 0.429. The molecule has 0 unspecified atom stereocenters. The van der Waals surface area contributed by atoms with Crippen molar-refractivity contribution < 1.29 is 24.2 Å². The van der Waals surface area contributed by atoms with Crippen molar-refractivity contribution in [3.05, 3.63) is 16.8 Å². The molecule has 2 aromatic heterocycles. The average molecular weight is 339 g/mol. The molecule has 2 N–H and O–H groups in total. The first kappa shape index (κ1) is 17.1. The van der Waals surface area contributed by atoms with E-state index in [2.05, 4.69) is 20.0 Å². The molecule has 0 aromatic carbocycles. The van der Waals surface area contributed by atoms with Crippen LogP contribution in [-0.2, 0) is 14.3 Å². The van der Waals surface area contributed by atoms with Crippen LogP contribution >= 0.6 is 11.3 Å². The standard InChI is InChI=1S/C14H17N3O5S/c1-4-22-14(20)10-7(2)9-11(16-6-17-12(9)23-10)15-5-8(18)13(19)21-3/h6,8,18H,4-5H2,1-3H3,(H,15,16,17)/t8-/m1/s1. The Morgan fingerprint density at radius 2 is 2.17 bits per heavy atom. The van der Waals surface area contributed by atoms with Crippen LogP contribution < -0.4 is 5.32 Å². The molecular weight excluding hydrogens is 322 g/mol. The molecule has 0 amide bonds. The van der Waals surface area contributed by atoms with Crippen LogP contribution in [0.2, 0.25) is 0 Å². The van der Waals surface area contributed by atoms with Crippen molar-refractivity contribution in [1.29, 1.82) is 0 Å². The molecule has 0 saturated carbocycles. The number of aromatic nitrogens is 2. The Bertz CT molecular complexity index is 731. The number of aliphatic hydroxyl groups is 1. The maximum atomic E-state index is 12.0. The van der Waals surface area contributed by atoms with E-state index in [1.54, 1.807) is 13.8 Å². The van der Waals surface area contributed by atoms with E-state index in [1.807, 2.05) is 0 Å². The van der Waals surface area contributed by atoms with Crippen molar-refractivity contribution in [3.63, 3.8) is 0 Å². The predicted octanol–water partition coefficient (Wildman–Crippen LogP) is 1.12. The molecule has 0 bridgehead atoms. The molecule has 0 fully saturated rings. The number of nitrogens with zero attached hydrogens (tertiary/aromatic N) is 2. The molecule has 0 aliphatic heterocycles. The second-order valence-electron chi connectivity index (χ2n) is 4.60. The Hall–Kier alpha value is -2.26. The van der Waals surface area contributed by atoms with E-state index in [-0.39, 0.29) is 13.2 Å². The first-order valence-corrected chi connectivity index (χ1v) is 7.72. The summed E-state index contributed by atoms with van der Waals surface area (Å²) < 4.78 is 9.48. The summed E-state index contributed by atoms with van der Waals surface area (Å²) >= 11 is 1.21. The van der Waals surface area contributed by atoms with Crippen LogP contribution in [0.3, 0.4) is 0 Å². The summed E-state index contributed by atoms with van der Waals surface area (Å²) in [4.78, 5) is 32.5. The fourth-order valence-corrected chi connectivity index (χ4v) is 3.05. The number of hydrogen-bond acceptors (Lipinski definition) is 9. The summed E-state index contributed by atoms with van der Waals surface area (Å²) in [6.45, 7) is 3.73. The molecule has 0 radical (unpaired) electrons. The number of aliphatic hydroxyl groups excluding tert-OH is 1. The number of carbonyl (C=O) groups is 2. The van der Waals surface area contributed by atoms with Gasteiger partial charge < -0.3 is 19.9 Å². The average Bonchev–Trinajstić information content (AvgIpc) is 2.89. The molecule has 23 heavy (non-hydrogen) atoms. The van der Waals surface area contributed by atoms with Crippen molar-refractivity contribution in [2.75, 3.05) is 25.6 Å². The number of carbonyl (C=O) groups excluding carboxylic acids is 2. The van der Waals surface area contributed by atoms with Gasteiger partial charge in [-0.2, -0.15) is 0 Å². The fourth-order valence-electron chi connectivity index (χ4n) is 2.01. The van der Waals surface area contributed by atoms with Crippen LogP contribution in [0.5, 0.6) is 0 Å². The summed E-state index contributed by atoms with van der Waals surface area (Å²) in [5.41, 5.74) is 0.694. The molecule has 2 heterocycles. The number of fused-ring (bicyclic) bond motifs is 1. The van der Waals surface area contributed by atoms with Gasteiger partial charge in [0.2, 0.25) is 0 Å². The second kappa shape index (κ2) is 7.34. The minimum Gasteiger partial charge on any atom is -0.467 e. The molecule has 0 aliphatic rings. The third kappa shape index (κ3) is 3.57. The largest absolute Gasteiger partial charge is 0.467 e. The molecule has 0 saturated heterocycles. The predicted molar refractivity (Wildman–Crippen MR) is 84.6 cm³/mol. The summed E-state index contributed by atoms with van der Waals surface area (Å²) in [7, 11) is 1.20. The van der Waals surface area contributed by atoms with Crippen LogP contribution in [0, 0.1) is 6.92 Å². The van der Waals surface area contributed by atoms with Gasteiger partial charge in [0.1, 0.15) is 21.9 Å². The van der Waals surface area contributed by atoms with Gasteiger partial charge in [0.15, 0.2) is 6.10 Å². The number of aryl methyl sites for hydroxylation is 1. The Morgan fingerprint density at radius 3 is 2.83 bits per heavy atom. The summed E-state index contributed by atoms with van der Waals surface area (Å²) in [6, 6.07) is 0. The number of hydrogen-bond donors (Lipinski definition) is 2. The van der Waals surface area contributed by atoms with Gasteiger partial charge in [-0.1, -0.05) is 0 Å². The number of rotatable bonds is 6. The summed E-state index contributed by atoms with van der Waals surface area (Å²) in [5.74, 6) is -0.715. The molecule has 124 valence electrons. The van der Waals surface area contributed by atoms with Gasteiger partial charge in [-0.05, 0) is 19.4 Å². The van der Waals surface area contributed by atoms with Crippen LogP contribution in [0.25, 0.3) is 10.2 Å². The first-order chi connectivity index (χ1) is 11.0. The topological polar surface area (TPSA) is 111 Å². The van der Waals surface area contributed by atoms with E-state index in [4.69, 9.17) is 4.74 Å². The number of nitrogens with one attached hydrogen (secondary N) is 1. The van der Waals surface area contributed by atoms with Crippen LogP contribution in [0.15, 0.2) is 6.33 Å². The lowest BCUT2D eigenvalue weighted by molar-refractivity contribution is -0.149. The molecule has 9 heteroatoms. The van der Waals surface area contributed by atoms with Crippen molar-refractivity contribution in [2.45, 2.75) is 20.0 Å². The minimum atomic E-state index is -1.31. The number of anilines is 1. The maximum Gasteiger partial charge on any atom is 0.348 e. The third-order valence-corrected chi connectivity index (χ3v) is 4.30. The molecular formula is C14H17N3O5S. The van der Waals surface area contributed by atoms with E-state index in [0.717, 1.165) is 0 Å². The highest BCUT2D eigenvalue weighted by molar-refractivity contribution is 7.20. The molecule has 0 spiro atoms. The van der Waals surface area contributed by atoms with E-state index in [9.17, 15) is 14.7 Å². The van der Waals surface area contributed by atoms with E-state index < -0.39 is 18.0 Å². The molecule has 2 rings (SSSR count). The van der Waals surface area contributed by atoms with Gasteiger partial charge >= 0.3 is 11.9 Å². The smallest absolute Gasteiger partial charge is 0.348 e. The van der Waals surface area contributed by atoms with Crippen molar-refractivity contribution in [1.82, 2.24) is 9.97 Å². The quantitative estimate of drug-likeness (QED) is 0.753. The SMILES string of the molecule is CCOC(=O)c1sc2ncnc(NC[C@@H](O)C(=O)OC)c2c1C. The Labute approximate surface area is 136 Å². The number of ether oxygens (including phenoxy) is 2. The molecule has 8 nitrogen and oxygen atoms in total. The maximum absolute atomic E-state index is 12.0. The molecule has 0 aliphatic carbocycles. The lowest BCUT2D eigenvalue weighted by Crippen LogP contribution is -2.29. The highest BCUT2D eigenvalue weighted by atomic mass is 32.1. The van der Waals surface area contributed by atoms with E-state index >= 15 is 0 Å². The lowest BCUT2D eigenvalue weighted by Gasteiger charge is -2.11. The van der Waals surface area contributed by atoms with E-state index in [1.165, 1.54) is 24.8 Å².